The van der Waals surface area contributed by atoms with Crippen LogP contribution in [-0.2, 0) is 9.53 Å². The number of nitrogens with zero attached hydrogens (tertiary/aromatic N) is 2. The Morgan fingerprint density at radius 1 is 1.04 bits per heavy atom. The van der Waals surface area contributed by atoms with Crippen LogP contribution in [0, 0.1) is 0 Å². The highest BCUT2D eigenvalue weighted by atomic mass is 35.5. The molecule has 138 valence electrons. The molecule has 1 aliphatic rings. The van der Waals surface area contributed by atoms with Crippen molar-refractivity contribution in [3.05, 3.63) is 29.3 Å². The van der Waals surface area contributed by atoms with Crippen LogP contribution in [0.1, 0.15) is 27.7 Å². The third-order valence-corrected chi connectivity index (χ3v) is 3.97. The maximum absolute atomic E-state index is 12.5. The van der Waals surface area contributed by atoms with E-state index in [1.807, 2.05) is 20.8 Å². The van der Waals surface area contributed by atoms with Gasteiger partial charge in [0.15, 0.2) is 6.10 Å². The molecule has 0 bridgehead atoms. The summed E-state index contributed by atoms with van der Waals surface area (Å²) in [7, 11) is 0. The van der Waals surface area contributed by atoms with Crippen molar-refractivity contribution in [3.63, 3.8) is 0 Å². The fourth-order valence-corrected chi connectivity index (χ4v) is 2.59. The minimum Gasteiger partial charge on any atom is -0.481 e. The first-order valence-electron chi connectivity index (χ1n) is 8.34. The van der Waals surface area contributed by atoms with Crippen LogP contribution in [-0.4, -0.2) is 59.7 Å². The number of carbonyl (C=O) groups is 2. The van der Waals surface area contributed by atoms with Gasteiger partial charge in [0.05, 0.1) is 0 Å². The Morgan fingerprint density at radius 3 is 2.08 bits per heavy atom. The van der Waals surface area contributed by atoms with Crippen LogP contribution in [0.4, 0.5) is 4.79 Å². The third kappa shape index (κ3) is 5.81. The van der Waals surface area contributed by atoms with Crippen molar-refractivity contribution >= 4 is 23.6 Å². The summed E-state index contributed by atoms with van der Waals surface area (Å²) >= 11 is 5.84. The fraction of sp³-hybridized carbons (Fsp3) is 0.556. The van der Waals surface area contributed by atoms with Crippen LogP contribution in [0.2, 0.25) is 5.02 Å². The zero-order chi connectivity index (χ0) is 18.6. The fourth-order valence-electron chi connectivity index (χ4n) is 2.46. The van der Waals surface area contributed by atoms with Crippen molar-refractivity contribution in [2.45, 2.75) is 39.4 Å². The second-order valence-electron chi connectivity index (χ2n) is 7.01. The van der Waals surface area contributed by atoms with Crippen molar-refractivity contribution in [2.24, 2.45) is 0 Å². The first-order valence-corrected chi connectivity index (χ1v) is 8.72. The third-order valence-electron chi connectivity index (χ3n) is 3.72. The van der Waals surface area contributed by atoms with E-state index in [1.54, 1.807) is 41.0 Å². The van der Waals surface area contributed by atoms with Gasteiger partial charge >= 0.3 is 6.09 Å². The maximum Gasteiger partial charge on any atom is 0.410 e. The first-order chi connectivity index (χ1) is 11.7. The van der Waals surface area contributed by atoms with Gasteiger partial charge in [-0.15, -0.1) is 0 Å². The largest absolute Gasteiger partial charge is 0.481 e. The second kappa shape index (κ2) is 7.95. The highest BCUT2D eigenvalue weighted by Gasteiger charge is 2.30. The van der Waals surface area contributed by atoms with E-state index < -0.39 is 11.7 Å². The predicted molar refractivity (Wildman–Crippen MR) is 95.9 cm³/mol. The van der Waals surface area contributed by atoms with Gasteiger partial charge in [-0.2, -0.15) is 0 Å². The molecular formula is C18H25ClN2O4. The summed E-state index contributed by atoms with van der Waals surface area (Å²) in [4.78, 5) is 27.9. The molecule has 1 saturated heterocycles. The molecule has 1 heterocycles. The molecule has 0 spiro atoms. The predicted octanol–water partition coefficient (Wildman–Crippen LogP) is 3.19. The van der Waals surface area contributed by atoms with Gasteiger partial charge in [-0.25, -0.2) is 4.79 Å². The van der Waals surface area contributed by atoms with Crippen LogP contribution in [0.25, 0.3) is 0 Å². The zero-order valence-corrected chi connectivity index (χ0v) is 15.9. The van der Waals surface area contributed by atoms with E-state index in [0.717, 1.165) is 0 Å². The van der Waals surface area contributed by atoms with Crippen molar-refractivity contribution in [1.82, 2.24) is 9.80 Å². The quantitative estimate of drug-likeness (QED) is 0.822. The molecule has 0 aromatic heterocycles. The van der Waals surface area contributed by atoms with E-state index in [1.165, 1.54) is 0 Å². The van der Waals surface area contributed by atoms with Crippen LogP contribution >= 0.6 is 11.6 Å². The Balaban J connectivity index is 1.84. The molecule has 0 N–H and O–H groups in total. The van der Waals surface area contributed by atoms with Crippen LogP contribution in [0.15, 0.2) is 24.3 Å². The van der Waals surface area contributed by atoms with Crippen LogP contribution in [0.3, 0.4) is 0 Å². The van der Waals surface area contributed by atoms with Gasteiger partial charge in [0, 0.05) is 31.2 Å². The normalized spacial score (nSPS) is 16.4. The van der Waals surface area contributed by atoms with Gasteiger partial charge in [0.1, 0.15) is 11.4 Å². The maximum atomic E-state index is 12.5. The van der Waals surface area contributed by atoms with Crippen molar-refractivity contribution in [2.75, 3.05) is 26.2 Å². The Bertz CT molecular complexity index is 604. The van der Waals surface area contributed by atoms with E-state index in [4.69, 9.17) is 21.1 Å². The van der Waals surface area contributed by atoms with E-state index in [0.29, 0.717) is 37.0 Å². The van der Waals surface area contributed by atoms with Crippen molar-refractivity contribution in [1.29, 1.82) is 0 Å². The van der Waals surface area contributed by atoms with Gasteiger partial charge in [-0.3, -0.25) is 4.79 Å². The number of carbonyl (C=O) groups excluding carboxylic acids is 2. The molecule has 25 heavy (non-hydrogen) atoms. The minimum absolute atomic E-state index is 0.0983. The summed E-state index contributed by atoms with van der Waals surface area (Å²) in [6, 6.07) is 6.89. The minimum atomic E-state index is -0.603. The molecular weight excluding hydrogens is 344 g/mol. The molecule has 1 aromatic rings. The molecule has 1 fully saturated rings. The lowest BCUT2D eigenvalue weighted by Gasteiger charge is -2.36. The molecule has 0 unspecified atom stereocenters. The molecule has 0 saturated carbocycles. The SMILES string of the molecule is C[C@H](Oc1ccc(Cl)cc1)C(=O)N1CCN(C(=O)OC(C)(C)C)CC1. The summed E-state index contributed by atoms with van der Waals surface area (Å²) in [5.41, 5.74) is -0.523. The standard InChI is InChI=1S/C18H25ClN2O4/c1-13(24-15-7-5-14(19)6-8-15)16(22)20-9-11-21(12-10-20)17(23)25-18(2,3)4/h5-8,13H,9-12H2,1-4H3/t13-/m0/s1. The Kier molecular flexibility index (Phi) is 6.16. The van der Waals surface area contributed by atoms with E-state index in [9.17, 15) is 9.59 Å². The number of ether oxygens (including phenoxy) is 2. The monoisotopic (exact) mass is 368 g/mol. The number of hydrogen-bond acceptors (Lipinski definition) is 4. The Hall–Kier alpha value is -1.95. The van der Waals surface area contributed by atoms with E-state index >= 15 is 0 Å². The van der Waals surface area contributed by atoms with Gasteiger partial charge in [-0.1, -0.05) is 11.6 Å². The smallest absolute Gasteiger partial charge is 0.410 e. The van der Waals surface area contributed by atoms with Crippen molar-refractivity contribution in [3.8, 4) is 5.75 Å². The lowest BCUT2D eigenvalue weighted by molar-refractivity contribution is -0.139. The lowest BCUT2D eigenvalue weighted by Crippen LogP contribution is -2.53. The molecule has 7 heteroatoms. The van der Waals surface area contributed by atoms with Crippen molar-refractivity contribution < 1.29 is 19.1 Å². The van der Waals surface area contributed by atoms with Crippen LogP contribution in [0.5, 0.6) is 5.75 Å². The summed E-state index contributed by atoms with van der Waals surface area (Å²) in [6.07, 6.45) is -0.945. The Morgan fingerprint density at radius 2 is 1.56 bits per heavy atom. The summed E-state index contributed by atoms with van der Waals surface area (Å²) in [5, 5.41) is 0.615. The Labute approximate surface area is 153 Å². The van der Waals surface area contributed by atoms with Gasteiger partial charge in [-0.05, 0) is 52.0 Å². The molecule has 2 amide bonds. The summed E-state index contributed by atoms with van der Waals surface area (Å²) < 4.78 is 11.0. The highest BCUT2D eigenvalue weighted by molar-refractivity contribution is 6.30. The molecule has 1 aromatic carbocycles. The summed E-state index contributed by atoms with van der Waals surface area (Å²) in [6.45, 7) is 9.06. The second-order valence-corrected chi connectivity index (χ2v) is 7.44. The van der Waals surface area contributed by atoms with E-state index in [2.05, 4.69) is 0 Å². The van der Waals surface area contributed by atoms with E-state index in [-0.39, 0.29) is 12.0 Å². The van der Waals surface area contributed by atoms with Gasteiger partial charge < -0.3 is 19.3 Å². The number of benzene rings is 1. The highest BCUT2D eigenvalue weighted by Crippen LogP contribution is 2.18. The topological polar surface area (TPSA) is 59.1 Å². The molecule has 0 radical (unpaired) electrons. The number of amides is 2. The number of piperazine rings is 1. The average molecular weight is 369 g/mol. The molecule has 2 rings (SSSR count). The summed E-state index contributed by atoms with van der Waals surface area (Å²) in [5.74, 6) is 0.497. The number of halogens is 1. The molecule has 1 atom stereocenters. The lowest BCUT2D eigenvalue weighted by atomic mass is 10.2. The molecule has 0 aliphatic carbocycles. The number of hydrogen-bond donors (Lipinski definition) is 0. The van der Waals surface area contributed by atoms with Gasteiger partial charge in [0.2, 0.25) is 0 Å². The average Bonchev–Trinajstić information content (AvgIpc) is 2.55. The zero-order valence-electron chi connectivity index (χ0n) is 15.1. The number of rotatable bonds is 3. The molecule has 1 aliphatic heterocycles. The van der Waals surface area contributed by atoms with Gasteiger partial charge in [0.25, 0.3) is 5.91 Å². The first kappa shape index (κ1) is 19.4. The van der Waals surface area contributed by atoms with Crippen LogP contribution < -0.4 is 4.74 Å². The molecule has 6 nitrogen and oxygen atoms in total.